The molecule has 2 aromatic carbocycles. The third kappa shape index (κ3) is 1.98. The van der Waals surface area contributed by atoms with Gasteiger partial charge in [0.1, 0.15) is 0 Å². The third-order valence-electron chi connectivity index (χ3n) is 4.22. The lowest BCUT2D eigenvalue weighted by molar-refractivity contribution is 0.830. The van der Waals surface area contributed by atoms with Gasteiger partial charge in [0.25, 0.3) is 0 Å². The zero-order valence-corrected chi connectivity index (χ0v) is 12.2. The summed E-state index contributed by atoms with van der Waals surface area (Å²) < 4.78 is 0. The molecule has 0 aliphatic heterocycles. The third-order valence-corrected chi connectivity index (χ3v) is 4.46. The van der Waals surface area contributed by atoms with Crippen molar-refractivity contribution < 1.29 is 0 Å². The van der Waals surface area contributed by atoms with Crippen LogP contribution in [-0.4, -0.2) is 4.98 Å². The molecule has 1 aliphatic rings. The van der Waals surface area contributed by atoms with E-state index >= 15 is 0 Å². The van der Waals surface area contributed by atoms with Crippen LogP contribution in [0.5, 0.6) is 0 Å². The van der Waals surface area contributed by atoms with Crippen LogP contribution in [0.4, 0.5) is 0 Å². The summed E-state index contributed by atoms with van der Waals surface area (Å²) in [4.78, 5) is 16.2. The zero-order chi connectivity index (χ0) is 14.4. The van der Waals surface area contributed by atoms with E-state index in [-0.39, 0.29) is 5.43 Å². The fourth-order valence-electron chi connectivity index (χ4n) is 3.21. The molecular formula is C18H14ClNO. The van der Waals surface area contributed by atoms with Crippen LogP contribution in [0.3, 0.4) is 0 Å². The Bertz CT molecular complexity index is 911. The summed E-state index contributed by atoms with van der Waals surface area (Å²) in [5, 5.41) is 1.36. The molecule has 4 rings (SSSR count). The van der Waals surface area contributed by atoms with Crippen molar-refractivity contribution in [2.75, 3.05) is 0 Å². The van der Waals surface area contributed by atoms with Gasteiger partial charge in [-0.2, -0.15) is 0 Å². The first kappa shape index (κ1) is 12.7. The number of aromatic nitrogens is 1. The molecule has 0 saturated carbocycles. The first-order valence-electron chi connectivity index (χ1n) is 7.17. The molecule has 1 heterocycles. The number of benzene rings is 2. The molecule has 1 aromatic heterocycles. The summed E-state index contributed by atoms with van der Waals surface area (Å²) >= 11 is 6.06. The van der Waals surface area contributed by atoms with Crippen molar-refractivity contribution in [3.8, 4) is 11.3 Å². The largest absolute Gasteiger partial charge is 0.354 e. The Balaban J connectivity index is 2.13. The van der Waals surface area contributed by atoms with E-state index in [9.17, 15) is 4.79 Å². The lowest BCUT2D eigenvalue weighted by Crippen LogP contribution is -2.12. The van der Waals surface area contributed by atoms with Crippen LogP contribution >= 0.6 is 11.6 Å². The van der Waals surface area contributed by atoms with E-state index in [1.807, 2.05) is 18.2 Å². The Morgan fingerprint density at radius 3 is 2.81 bits per heavy atom. The highest BCUT2D eigenvalue weighted by molar-refractivity contribution is 6.31. The van der Waals surface area contributed by atoms with Gasteiger partial charge in [0.2, 0.25) is 0 Å². The molecule has 0 fully saturated rings. The number of halogens is 1. The molecule has 3 aromatic rings. The van der Waals surface area contributed by atoms with E-state index in [0.717, 1.165) is 47.0 Å². The number of nitrogens with one attached hydrogen (secondary N) is 1. The van der Waals surface area contributed by atoms with Gasteiger partial charge in [0.15, 0.2) is 5.43 Å². The summed E-state index contributed by atoms with van der Waals surface area (Å²) in [6.45, 7) is 0. The van der Waals surface area contributed by atoms with Crippen molar-refractivity contribution in [3.63, 3.8) is 0 Å². The Morgan fingerprint density at radius 2 is 1.90 bits per heavy atom. The average Bonchev–Trinajstić information content (AvgIpc) is 2.67. The number of pyridine rings is 1. The average molecular weight is 296 g/mol. The highest BCUT2D eigenvalue weighted by Gasteiger charge is 2.18. The van der Waals surface area contributed by atoms with E-state index in [1.54, 1.807) is 6.07 Å². The van der Waals surface area contributed by atoms with Crippen molar-refractivity contribution in [2.24, 2.45) is 0 Å². The topological polar surface area (TPSA) is 32.9 Å². The normalized spacial score (nSPS) is 13.6. The van der Waals surface area contributed by atoms with Crippen LogP contribution < -0.4 is 5.43 Å². The summed E-state index contributed by atoms with van der Waals surface area (Å²) in [6.07, 6.45) is 2.83. The van der Waals surface area contributed by atoms with Crippen LogP contribution in [0, 0.1) is 0 Å². The second kappa shape index (κ2) is 4.74. The summed E-state index contributed by atoms with van der Waals surface area (Å²) in [6, 6.07) is 13.7. The van der Waals surface area contributed by atoms with E-state index in [1.165, 1.54) is 5.56 Å². The van der Waals surface area contributed by atoms with Crippen LogP contribution in [0.2, 0.25) is 5.02 Å². The minimum atomic E-state index is 0.132. The maximum Gasteiger partial charge on any atom is 0.193 e. The van der Waals surface area contributed by atoms with E-state index in [4.69, 9.17) is 11.6 Å². The molecular weight excluding hydrogens is 282 g/mol. The molecule has 0 atom stereocenters. The van der Waals surface area contributed by atoms with Gasteiger partial charge in [0, 0.05) is 21.5 Å². The Morgan fingerprint density at radius 1 is 1.05 bits per heavy atom. The second-order valence-corrected chi connectivity index (χ2v) is 5.94. The molecule has 0 spiro atoms. The number of rotatable bonds is 0. The molecule has 0 amide bonds. The second-order valence-electron chi connectivity index (χ2n) is 5.51. The lowest BCUT2D eigenvalue weighted by atomic mass is 10.00. The van der Waals surface area contributed by atoms with Crippen molar-refractivity contribution in [2.45, 2.75) is 19.3 Å². The number of hydrogen-bond donors (Lipinski definition) is 1. The van der Waals surface area contributed by atoms with Crippen LogP contribution in [0.1, 0.15) is 17.5 Å². The minimum absolute atomic E-state index is 0.132. The Hall–Kier alpha value is -2.06. The number of aryl methyl sites for hydroxylation is 1. The number of fused-ring (bicyclic) bond motifs is 4. The van der Waals surface area contributed by atoms with E-state index in [0.29, 0.717) is 5.02 Å². The quantitative estimate of drug-likeness (QED) is 0.657. The highest BCUT2D eigenvalue weighted by Crippen LogP contribution is 2.31. The molecule has 104 valence electrons. The number of aromatic amines is 1. The van der Waals surface area contributed by atoms with Crippen molar-refractivity contribution in [1.82, 2.24) is 4.98 Å². The molecule has 3 heteroatoms. The minimum Gasteiger partial charge on any atom is -0.354 e. The van der Waals surface area contributed by atoms with Gasteiger partial charge in [0.05, 0.1) is 11.2 Å². The Labute approximate surface area is 127 Å². The number of H-pyrrole nitrogens is 1. The van der Waals surface area contributed by atoms with Crippen molar-refractivity contribution in [3.05, 3.63) is 68.8 Å². The van der Waals surface area contributed by atoms with Gasteiger partial charge < -0.3 is 4.98 Å². The number of hydrogen-bond acceptors (Lipinski definition) is 1. The molecule has 0 bridgehead atoms. The van der Waals surface area contributed by atoms with Crippen molar-refractivity contribution in [1.29, 1.82) is 0 Å². The molecule has 2 nitrogen and oxygen atoms in total. The molecule has 0 unspecified atom stereocenters. The molecule has 1 aliphatic carbocycles. The fraction of sp³-hybridized carbons (Fsp3) is 0.167. The van der Waals surface area contributed by atoms with Crippen molar-refractivity contribution >= 4 is 22.5 Å². The van der Waals surface area contributed by atoms with Gasteiger partial charge in [-0.3, -0.25) is 4.79 Å². The summed E-state index contributed by atoms with van der Waals surface area (Å²) in [5.41, 5.74) is 5.24. The molecule has 21 heavy (non-hydrogen) atoms. The maximum atomic E-state index is 12.8. The first-order valence-corrected chi connectivity index (χ1v) is 7.54. The van der Waals surface area contributed by atoms with Gasteiger partial charge >= 0.3 is 0 Å². The molecule has 1 N–H and O–H groups in total. The lowest BCUT2D eigenvalue weighted by Gasteiger charge is -2.11. The fourth-order valence-corrected chi connectivity index (χ4v) is 3.38. The monoisotopic (exact) mass is 295 g/mol. The van der Waals surface area contributed by atoms with E-state index in [2.05, 4.69) is 23.2 Å². The van der Waals surface area contributed by atoms with E-state index < -0.39 is 0 Å². The Kier molecular flexibility index (Phi) is 2.86. The summed E-state index contributed by atoms with van der Waals surface area (Å²) in [7, 11) is 0. The standard InChI is InChI=1S/C18H14ClNO/c19-12-8-9-14-16(10-12)20-17-13-6-2-1-4-11(13)5-3-7-15(17)18(14)21/h1-2,4,6,8-10H,3,5,7H2,(H,20,21). The smallest absolute Gasteiger partial charge is 0.193 e. The van der Waals surface area contributed by atoms with Gasteiger partial charge in [-0.25, -0.2) is 0 Å². The predicted molar refractivity (Wildman–Crippen MR) is 87.0 cm³/mol. The van der Waals surface area contributed by atoms with Crippen LogP contribution in [0.25, 0.3) is 22.2 Å². The highest BCUT2D eigenvalue weighted by atomic mass is 35.5. The zero-order valence-electron chi connectivity index (χ0n) is 11.4. The maximum absolute atomic E-state index is 12.8. The summed E-state index contributed by atoms with van der Waals surface area (Å²) in [5.74, 6) is 0. The van der Waals surface area contributed by atoms with Crippen LogP contribution in [0.15, 0.2) is 47.3 Å². The first-order chi connectivity index (χ1) is 10.2. The predicted octanol–water partition coefficient (Wildman–Crippen LogP) is 4.34. The van der Waals surface area contributed by atoms with Crippen LogP contribution in [-0.2, 0) is 12.8 Å². The van der Waals surface area contributed by atoms with Gasteiger partial charge in [-0.1, -0.05) is 35.9 Å². The molecule has 0 saturated heterocycles. The van der Waals surface area contributed by atoms with Gasteiger partial charge in [-0.15, -0.1) is 0 Å². The van der Waals surface area contributed by atoms with Gasteiger partial charge in [-0.05, 0) is 43.0 Å². The SMILES string of the molecule is O=c1c2c([nH]c3cc(Cl)ccc13)-c1ccccc1CCC2. The molecule has 0 radical (unpaired) electrons.